The second-order valence-electron chi connectivity index (χ2n) is 8.40. The maximum atomic E-state index is 4.39. The van der Waals surface area contributed by atoms with Crippen molar-refractivity contribution in [1.82, 2.24) is 25.3 Å². The molecule has 0 aliphatic carbocycles. The summed E-state index contributed by atoms with van der Waals surface area (Å²) in [6.45, 7) is 5.76. The summed E-state index contributed by atoms with van der Waals surface area (Å²) >= 11 is 0. The van der Waals surface area contributed by atoms with Crippen molar-refractivity contribution < 1.29 is 0 Å². The molecule has 0 spiro atoms. The molecule has 7 heteroatoms. The van der Waals surface area contributed by atoms with Crippen LogP contribution in [0.1, 0.15) is 41.5 Å². The summed E-state index contributed by atoms with van der Waals surface area (Å²) in [5, 5.41) is 11.2. The third-order valence-corrected chi connectivity index (χ3v) is 6.02. The minimum atomic E-state index is 0. The van der Waals surface area contributed by atoms with Gasteiger partial charge in [0.2, 0.25) is 0 Å². The largest absolute Gasteiger partial charge is 0.352 e. The topological polar surface area (TPSA) is 57.5 Å². The predicted molar refractivity (Wildman–Crippen MR) is 146 cm³/mol. The monoisotopic (exact) mass is 558 g/mol. The number of aromatic nitrogens is 2. The number of benzene rings is 2. The number of likely N-dealkylation sites (tertiary alicyclic amines) is 1. The molecule has 1 saturated heterocycles. The molecule has 1 aliphatic rings. The van der Waals surface area contributed by atoms with Gasteiger partial charge >= 0.3 is 0 Å². The van der Waals surface area contributed by atoms with Crippen molar-refractivity contribution in [3.05, 3.63) is 89.2 Å². The summed E-state index contributed by atoms with van der Waals surface area (Å²) in [6, 6.07) is 19.4. The van der Waals surface area contributed by atoms with Crippen LogP contribution >= 0.6 is 24.0 Å². The van der Waals surface area contributed by atoms with Crippen LogP contribution in [-0.4, -0.2) is 40.8 Å². The van der Waals surface area contributed by atoms with Gasteiger partial charge < -0.3 is 10.6 Å². The Morgan fingerprint density at radius 1 is 0.848 bits per heavy atom. The van der Waals surface area contributed by atoms with E-state index in [-0.39, 0.29) is 24.0 Å². The molecule has 0 atom stereocenters. The SMILES string of the molecule is CN=C(NCc1ccc(CN2CCCCC2)cc1)NCc1ccccc1Cn1cccn1.I. The second-order valence-corrected chi connectivity index (χ2v) is 8.40. The normalized spacial score (nSPS) is 14.5. The molecule has 4 rings (SSSR count). The molecule has 3 aromatic rings. The molecule has 1 fully saturated rings. The lowest BCUT2D eigenvalue weighted by molar-refractivity contribution is 0.221. The zero-order valence-corrected chi connectivity index (χ0v) is 21.7. The number of piperidine rings is 1. The van der Waals surface area contributed by atoms with Gasteiger partial charge in [-0.2, -0.15) is 5.10 Å². The first kappa shape index (κ1) is 25.2. The zero-order valence-electron chi connectivity index (χ0n) is 19.4. The number of nitrogens with zero attached hydrogens (tertiary/aromatic N) is 4. The van der Waals surface area contributed by atoms with Crippen LogP contribution in [0.4, 0.5) is 0 Å². The Kier molecular flexibility index (Phi) is 10.2. The summed E-state index contributed by atoms with van der Waals surface area (Å²) in [6.07, 6.45) is 7.85. The van der Waals surface area contributed by atoms with Gasteiger partial charge in [0.05, 0.1) is 6.54 Å². The molecule has 0 unspecified atom stereocenters. The molecule has 33 heavy (non-hydrogen) atoms. The summed E-state index contributed by atoms with van der Waals surface area (Å²) in [4.78, 5) is 6.95. The van der Waals surface area contributed by atoms with E-state index in [1.54, 1.807) is 0 Å². The van der Waals surface area contributed by atoms with E-state index >= 15 is 0 Å². The van der Waals surface area contributed by atoms with Crippen LogP contribution in [0.15, 0.2) is 72.0 Å². The Morgan fingerprint density at radius 2 is 1.55 bits per heavy atom. The van der Waals surface area contributed by atoms with Gasteiger partial charge in [-0.25, -0.2) is 0 Å². The van der Waals surface area contributed by atoms with Crippen molar-refractivity contribution in [3.63, 3.8) is 0 Å². The molecule has 2 N–H and O–H groups in total. The molecule has 0 saturated carbocycles. The maximum absolute atomic E-state index is 4.39. The molecule has 2 aromatic carbocycles. The van der Waals surface area contributed by atoms with Crippen LogP contribution in [0.3, 0.4) is 0 Å². The van der Waals surface area contributed by atoms with E-state index in [1.807, 2.05) is 30.2 Å². The molecule has 0 amide bonds. The van der Waals surface area contributed by atoms with Crippen molar-refractivity contribution >= 4 is 29.9 Å². The van der Waals surface area contributed by atoms with E-state index in [0.717, 1.165) is 25.6 Å². The molecule has 2 heterocycles. The quantitative estimate of drug-likeness (QED) is 0.245. The third kappa shape index (κ3) is 7.85. The van der Waals surface area contributed by atoms with E-state index in [9.17, 15) is 0 Å². The highest BCUT2D eigenvalue weighted by atomic mass is 127. The minimum Gasteiger partial charge on any atom is -0.352 e. The van der Waals surface area contributed by atoms with Crippen molar-refractivity contribution in [2.24, 2.45) is 4.99 Å². The number of aliphatic imine (C=N–C) groups is 1. The molecule has 1 aliphatic heterocycles. The Morgan fingerprint density at radius 3 is 2.24 bits per heavy atom. The van der Waals surface area contributed by atoms with Gasteiger partial charge in [0.25, 0.3) is 0 Å². The molecular formula is C26H35IN6. The van der Waals surface area contributed by atoms with Gasteiger partial charge in [0, 0.05) is 39.1 Å². The number of rotatable bonds is 8. The molecule has 1 aromatic heterocycles. The average molecular weight is 559 g/mol. The molecular weight excluding hydrogens is 523 g/mol. The summed E-state index contributed by atoms with van der Waals surface area (Å²) in [7, 11) is 1.81. The van der Waals surface area contributed by atoms with Gasteiger partial charge in [0.1, 0.15) is 0 Å². The van der Waals surface area contributed by atoms with Gasteiger partial charge in [0.15, 0.2) is 5.96 Å². The third-order valence-electron chi connectivity index (χ3n) is 6.02. The Hall–Kier alpha value is -2.39. The average Bonchev–Trinajstić information content (AvgIpc) is 3.35. The molecule has 0 bridgehead atoms. The first-order valence-corrected chi connectivity index (χ1v) is 11.6. The van der Waals surface area contributed by atoms with Crippen molar-refractivity contribution in [3.8, 4) is 0 Å². The summed E-state index contributed by atoms with van der Waals surface area (Å²) in [5.41, 5.74) is 5.15. The highest BCUT2D eigenvalue weighted by Crippen LogP contribution is 2.14. The smallest absolute Gasteiger partial charge is 0.191 e. The van der Waals surface area contributed by atoms with Crippen LogP contribution in [0, 0.1) is 0 Å². The maximum Gasteiger partial charge on any atom is 0.191 e. The summed E-state index contributed by atoms with van der Waals surface area (Å²) in [5.74, 6) is 0.802. The van der Waals surface area contributed by atoms with Crippen LogP contribution in [-0.2, 0) is 26.2 Å². The van der Waals surface area contributed by atoms with Gasteiger partial charge in [-0.3, -0.25) is 14.6 Å². The highest BCUT2D eigenvalue weighted by molar-refractivity contribution is 14.0. The number of hydrogen-bond acceptors (Lipinski definition) is 3. The van der Waals surface area contributed by atoms with Crippen molar-refractivity contribution in [2.45, 2.75) is 45.4 Å². The van der Waals surface area contributed by atoms with Crippen LogP contribution < -0.4 is 10.6 Å². The first-order valence-electron chi connectivity index (χ1n) is 11.6. The number of hydrogen-bond donors (Lipinski definition) is 2. The van der Waals surface area contributed by atoms with Crippen LogP contribution in [0.25, 0.3) is 0 Å². The van der Waals surface area contributed by atoms with E-state index in [0.29, 0.717) is 6.54 Å². The lowest BCUT2D eigenvalue weighted by Gasteiger charge is -2.26. The van der Waals surface area contributed by atoms with E-state index in [4.69, 9.17) is 0 Å². The predicted octanol–water partition coefficient (Wildman–Crippen LogP) is 4.40. The zero-order chi connectivity index (χ0) is 22.0. The summed E-state index contributed by atoms with van der Waals surface area (Å²) < 4.78 is 1.95. The Bertz CT molecular complexity index is 978. The number of halogens is 1. The first-order chi connectivity index (χ1) is 15.8. The second kappa shape index (κ2) is 13.3. The fourth-order valence-electron chi connectivity index (χ4n) is 4.18. The number of guanidine groups is 1. The fraction of sp³-hybridized carbons (Fsp3) is 0.385. The molecule has 0 radical (unpaired) electrons. The van der Waals surface area contributed by atoms with Crippen LogP contribution in [0.5, 0.6) is 0 Å². The number of nitrogens with one attached hydrogen (secondary N) is 2. The Balaban J connectivity index is 0.00000306. The van der Waals surface area contributed by atoms with E-state index < -0.39 is 0 Å². The van der Waals surface area contributed by atoms with E-state index in [1.165, 1.54) is 54.6 Å². The van der Waals surface area contributed by atoms with Crippen molar-refractivity contribution in [1.29, 1.82) is 0 Å². The van der Waals surface area contributed by atoms with Gasteiger partial charge in [-0.15, -0.1) is 24.0 Å². The standard InChI is InChI=1S/C26H34N6.HI/c1-27-26(29-19-24-8-3-4-9-25(24)21-32-17-7-14-30-32)28-18-22-10-12-23(13-11-22)20-31-15-5-2-6-16-31;/h3-4,7-14,17H,2,5-6,15-16,18-21H2,1H3,(H2,27,28,29);1H. The Labute approximate surface area is 214 Å². The van der Waals surface area contributed by atoms with E-state index in [2.05, 4.69) is 74.2 Å². The van der Waals surface area contributed by atoms with Crippen molar-refractivity contribution in [2.75, 3.05) is 20.1 Å². The lowest BCUT2D eigenvalue weighted by atomic mass is 10.1. The molecule has 176 valence electrons. The van der Waals surface area contributed by atoms with Crippen LogP contribution in [0.2, 0.25) is 0 Å². The van der Waals surface area contributed by atoms with Gasteiger partial charge in [-0.05, 0) is 54.3 Å². The fourth-order valence-corrected chi connectivity index (χ4v) is 4.18. The minimum absolute atomic E-state index is 0. The highest BCUT2D eigenvalue weighted by Gasteiger charge is 2.10. The lowest BCUT2D eigenvalue weighted by Crippen LogP contribution is -2.36. The van der Waals surface area contributed by atoms with Gasteiger partial charge in [-0.1, -0.05) is 55.0 Å². The molecule has 6 nitrogen and oxygen atoms in total.